The lowest BCUT2D eigenvalue weighted by molar-refractivity contribution is 0.0976. The van der Waals surface area contributed by atoms with E-state index in [9.17, 15) is 4.79 Å². The third-order valence-electron chi connectivity index (χ3n) is 4.65. The molecule has 1 aliphatic rings. The van der Waals surface area contributed by atoms with E-state index in [2.05, 4.69) is 10.6 Å². The molecule has 0 unspecified atom stereocenters. The Morgan fingerprint density at radius 1 is 0.893 bits per heavy atom. The van der Waals surface area contributed by atoms with Crippen LogP contribution in [-0.4, -0.2) is 30.3 Å². The molecule has 0 spiro atoms. The van der Waals surface area contributed by atoms with Crippen LogP contribution >= 0.6 is 12.2 Å². The summed E-state index contributed by atoms with van der Waals surface area (Å²) in [6.45, 7) is 0.878. The number of hydrogen-bond donors (Lipinski definition) is 2. The minimum absolute atomic E-state index is 0.215. The van der Waals surface area contributed by atoms with Gasteiger partial charge in [0.15, 0.2) is 5.11 Å². The number of amides is 1. The lowest BCUT2D eigenvalue weighted by Gasteiger charge is -2.24. The molecule has 0 heterocycles. The van der Waals surface area contributed by atoms with Gasteiger partial charge in [-0.1, -0.05) is 37.5 Å². The summed E-state index contributed by atoms with van der Waals surface area (Å²) < 4.78 is 11.2. The van der Waals surface area contributed by atoms with Crippen molar-refractivity contribution in [3.05, 3.63) is 60.2 Å². The second-order valence-electron chi connectivity index (χ2n) is 6.80. The van der Waals surface area contributed by atoms with Crippen LogP contribution in [0, 0.1) is 0 Å². The van der Waals surface area contributed by atoms with Gasteiger partial charge in [0.1, 0.15) is 24.7 Å². The maximum atomic E-state index is 12.3. The molecule has 0 aromatic heterocycles. The first-order valence-corrected chi connectivity index (χ1v) is 10.1. The van der Waals surface area contributed by atoms with Crippen LogP contribution in [0.15, 0.2) is 54.6 Å². The fraction of sp³-hybridized carbons (Fsp3) is 0.364. The second kappa shape index (κ2) is 10.7. The van der Waals surface area contributed by atoms with E-state index < -0.39 is 0 Å². The Labute approximate surface area is 171 Å². The van der Waals surface area contributed by atoms with Crippen LogP contribution in [0.1, 0.15) is 42.5 Å². The number of nitrogens with one attached hydrogen (secondary N) is 2. The molecule has 3 rings (SSSR count). The van der Waals surface area contributed by atoms with E-state index >= 15 is 0 Å². The Hall–Kier alpha value is -2.60. The molecule has 0 aliphatic heterocycles. The summed E-state index contributed by atoms with van der Waals surface area (Å²) in [7, 11) is 0. The largest absolute Gasteiger partial charge is 0.490 e. The van der Waals surface area contributed by atoms with Crippen molar-refractivity contribution in [3.8, 4) is 11.5 Å². The Morgan fingerprint density at radius 2 is 1.50 bits per heavy atom. The highest BCUT2D eigenvalue weighted by atomic mass is 32.1. The Balaban J connectivity index is 1.39. The molecule has 1 fully saturated rings. The highest BCUT2D eigenvalue weighted by molar-refractivity contribution is 7.80. The van der Waals surface area contributed by atoms with Crippen molar-refractivity contribution in [1.82, 2.24) is 10.6 Å². The Morgan fingerprint density at radius 3 is 2.14 bits per heavy atom. The van der Waals surface area contributed by atoms with Gasteiger partial charge >= 0.3 is 0 Å². The number of para-hydroxylation sites is 1. The van der Waals surface area contributed by atoms with E-state index in [1.54, 1.807) is 24.3 Å². The molecule has 28 heavy (non-hydrogen) atoms. The SMILES string of the molecule is O=C(NC(=S)NC1CCCCC1)c1ccc(OCCOc2ccccc2)cc1. The molecule has 0 bridgehead atoms. The second-order valence-corrected chi connectivity index (χ2v) is 7.21. The number of ether oxygens (including phenoxy) is 2. The first kappa shape index (κ1) is 20.1. The number of hydrogen-bond acceptors (Lipinski definition) is 4. The number of rotatable bonds is 7. The van der Waals surface area contributed by atoms with Gasteiger partial charge in [-0.3, -0.25) is 10.1 Å². The van der Waals surface area contributed by atoms with Gasteiger partial charge < -0.3 is 14.8 Å². The van der Waals surface area contributed by atoms with Crippen LogP contribution in [0.3, 0.4) is 0 Å². The highest BCUT2D eigenvalue weighted by Crippen LogP contribution is 2.17. The summed E-state index contributed by atoms with van der Waals surface area (Å²) in [5, 5.41) is 6.39. The fourth-order valence-corrected chi connectivity index (χ4v) is 3.44. The molecule has 148 valence electrons. The van der Waals surface area contributed by atoms with E-state index in [0.29, 0.717) is 35.7 Å². The molecule has 2 aromatic carbocycles. The van der Waals surface area contributed by atoms with Crippen molar-refractivity contribution in [3.63, 3.8) is 0 Å². The van der Waals surface area contributed by atoms with Crippen molar-refractivity contribution in [2.24, 2.45) is 0 Å². The van der Waals surface area contributed by atoms with Crippen LogP contribution in [0.2, 0.25) is 0 Å². The van der Waals surface area contributed by atoms with E-state index in [0.717, 1.165) is 18.6 Å². The van der Waals surface area contributed by atoms with Crippen molar-refractivity contribution in [2.75, 3.05) is 13.2 Å². The molecule has 0 radical (unpaired) electrons. The summed E-state index contributed by atoms with van der Waals surface area (Å²) in [6, 6.07) is 17.0. The van der Waals surface area contributed by atoms with Gasteiger partial charge in [-0.25, -0.2) is 0 Å². The van der Waals surface area contributed by atoms with E-state index in [4.69, 9.17) is 21.7 Å². The predicted octanol–water partition coefficient (Wildman–Crippen LogP) is 4.08. The molecular weight excluding hydrogens is 372 g/mol. The zero-order valence-corrected chi connectivity index (χ0v) is 16.7. The molecule has 0 atom stereocenters. The normalized spacial score (nSPS) is 14.1. The number of carbonyl (C=O) groups excluding carboxylic acids is 1. The maximum Gasteiger partial charge on any atom is 0.257 e. The minimum Gasteiger partial charge on any atom is -0.490 e. The summed E-state index contributed by atoms with van der Waals surface area (Å²) in [6.07, 6.45) is 5.92. The molecule has 2 aromatic rings. The maximum absolute atomic E-state index is 12.3. The van der Waals surface area contributed by atoms with Gasteiger partial charge in [-0.2, -0.15) is 0 Å². The van der Waals surface area contributed by atoms with Crippen LogP contribution in [-0.2, 0) is 0 Å². The molecule has 6 heteroatoms. The highest BCUT2D eigenvalue weighted by Gasteiger charge is 2.15. The fourth-order valence-electron chi connectivity index (χ4n) is 3.18. The average molecular weight is 399 g/mol. The van der Waals surface area contributed by atoms with Gasteiger partial charge in [-0.05, 0) is 61.5 Å². The monoisotopic (exact) mass is 398 g/mol. The predicted molar refractivity (Wildman–Crippen MR) is 114 cm³/mol. The third kappa shape index (κ3) is 6.53. The quantitative estimate of drug-likeness (QED) is 0.544. The van der Waals surface area contributed by atoms with Crippen LogP contribution in [0.25, 0.3) is 0 Å². The van der Waals surface area contributed by atoms with Crippen molar-refractivity contribution in [2.45, 2.75) is 38.1 Å². The van der Waals surface area contributed by atoms with Gasteiger partial charge in [0.25, 0.3) is 5.91 Å². The Kier molecular flexibility index (Phi) is 7.67. The number of benzene rings is 2. The lowest BCUT2D eigenvalue weighted by atomic mass is 9.96. The van der Waals surface area contributed by atoms with Crippen molar-refractivity contribution < 1.29 is 14.3 Å². The van der Waals surface area contributed by atoms with Crippen LogP contribution in [0.5, 0.6) is 11.5 Å². The summed E-state index contributed by atoms with van der Waals surface area (Å²) in [5.41, 5.74) is 0.542. The third-order valence-corrected chi connectivity index (χ3v) is 4.87. The molecule has 1 amide bonds. The summed E-state index contributed by atoms with van der Waals surface area (Å²) in [4.78, 5) is 12.3. The molecule has 1 saturated carbocycles. The van der Waals surface area contributed by atoms with Gasteiger partial charge in [0, 0.05) is 11.6 Å². The zero-order chi connectivity index (χ0) is 19.6. The number of carbonyl (C=O) groups is 1. The first-order chi connectivity index (χ1) is 13.7. The standard InChI is InChI=1S/C22H26N2O3S/c25-21(24-22(28)23-18-7-3-1-4-8-18)17-11-13-20(14-12-17)27-16-15-26-19-9-5-2-6-10-19/h2,5-6,9-14,18H,1,3-4,7-8,15-16H2,(H2,23,24,25,28). The van der Waals surface area contributed by atoms with E-state index in [-0.39, 0.29) is 5.91 Å². The topological polar surface area (TPSA) is 59.6 Å². The molecular formula is C22H26N2O3S. The Bertz CT molecular complexity index is 759. The van der Waals surface area contributed by atoms with E-state index in [1.807, 2.05) is 30.3 Å². The van der Waals surface area contributed by atoms with Gasteiger partial charge in [0.2, 0.25) is 0 Å². The van der Waals surface area contributed by atoms with Gasteiger partial charge in [-0.15, -0.1) is 0 Å². The molecule has 0 saturated heterocycles. The minimum atomic E-state index is -0.215. The number of thiocarbonyl (C=S) groups is 1. The first-order valence-electron chi connectivity index (χ1n) is 9.73. The lowest BCUT2D eigenvalue weighted by Crippen LogP contribution is -2.44. The van der Waals surface area contributed by atoms with Crippen molar-refractivity contribution >= 4 is 23.2 Å². The molecule has 1 aliphatic carbocycles. The smallest absolute Gasteiger partial charge is 0.257 e. The molecule has 2 N–H and O–H groups in total. The summed E-state index contributed by atoms with van der Waals surface area (Å²) in [5.74, 6) is 1.29. The van der Waals surface area contributed by atoms with E-state index in [1.165, 1.54) is 19.3 Å². The average Bonchev–Trinajstić information content (AvgIpc) is 2.73. The van der Waals surface area contributed by atoms with Crippen LogP contribution in [0.4, 0.5) is 0 Å². The summed E-state index contributed by atoms with van der Waals surface area (Å²) >= 11 is 5.27. The van der Waals surface area contributed by atoms with Crippen LogP contribution < -0.4 is 20.1 Å². The van der Waals surface area contributed by atoms with Gasteiger partial charge in [0.05, 0.1) is 0 Å². The molecule has 5 nitrogen and oxygen atoms in total. The van der Waals surface area contributed by atoms with Crippen molar-refractivity contribution in [1.29, 1.82) is 0 Å². The zero-order valence-electron chi connectivity index (χ0n) is 15.9.